The van der Waals surface area contributed by atoms with Crippen LogP contribution in [-0.4, -0.2) is 5.11 Å². The molecule has 0 saturated carbocycles. The van der Waals surface area contributed by atoms with Gasteiger partial charge in [0.05, 0.1) is 6.04 Å². The van der Waals surface area contributed by atoms with Crippen molar-refractivity contribution in [2.24, 2.45) is 0 Å². The Labute approximate surface area is 155 Å². The van der Waals surface area contributed by atoms with E-state index in [9.17, 15) is 0 Å². The summed E-state index contributed by atoms with van der Waals surface area (Å²) < 4.78 is 0. The number of hydrogen-bond donors (Lipinski definition) is 2. The van der Waals surface area contributed by atoms with Crippen molar-refractivity contribution in [1.82, 2.24) is 5.32 Å². The Hall–Kier alpha value is -1.58. The van der Waals surface area contributed by atoms with Crippen molar-refractivity contribution in [3.8, 4) is 0 Å². The van der Waals surface area contributed by atoms with Crippen LogP contribution in [0.5, 0.6) is 0 Å². The first-order valence-electron chi connectivity index (χ1n) is 8.34. The van der Waals surface area contributed by atoms with Crippen molar-refractivity contribution >= 4 is 34.6 Å². The van der Waals surface area contributed by atoms with Gasteiger partial charge in [0.2, 0.25) is 0 Å². The summed E-state index contributed by atoms with van der Waals surface area (Å²) in [6, 6.07) is 14.6. The molecule has 0 heterocycles. The number of hydrogen-bond acceptors (Lipinski definition) is 1. The van der Waals surface area contributed by atoms with Gasteiger partial charge in [-0.1, -0.05) is 55.8 Å². The van der Waals surface area contributed by atoms with Crippen molar-refractivity contribution in [3.05, 3.63) is 64.2 Å². The van der Waals surface area contributed by atoms with Gasteiger partial charge in [0.25, 0.3) is 0 Å². The first kappa shape index (κ1) is 18.8. The molecule has 128 valence electrons. The van der Waals surface area contributed by atoms with Crippen LogP contribution in [0.3, 0.4) is 0 Å². The van der Waals surface area contributed by atoms with Crippen LogP contribution in [-0.2, 0) is 0 Å². The fraction of sp³-hybridized carbons (Fsp3) is 0.350. The van der Waals surface area contributed by atoms with Crippen LogP contribution in [0.1, 0.15) is 55.8 Å². The third-order valence-corrected chi connectivity index (χ3v) is 4.87. The van der Waals surface area contributed by atoms with Gasteiger partial charge < -0.3 is 10.6 Å². The lowest BCUT2D eigenvalue weighted by Gasteiger charge is -2.19. The maximum Gasteiger partial charge on any atom is 0.171 e. The van der Waals surface area contributed by atoms with Crippen molar-refractivity contribution < 1.29 is 0 Å². The van der Waals surface area contributed by atoms with E-state index in [4.69, 9.17) is 23.8 Å². The minimum atomic E-state index is 0.135. The standard InChI is InChI=1S/C20H25ClN2S/c1-5-13(2)16-7-9-17(10-8-16)15(4)22-20(24)23-19-12-18(21)11-6-14(19)3/h6-13,15H,5H2,1-4H3,(H2,22,23,24). The Balaban J connectivity index is 1.99. The quantitative estimate of drug-likeness (QED) is 0.620. The predicted molar refractivity (Wildman–Crippen MR) is 109 cm³/mol. The van der Waals surface area contributed by atoms with Gasteiger partial charge in [-0.3, -0.25) is 0 Å². The molecule has 4 heteroatoms. The molecule has 2 N–H and O–H groups in total. The number of thiocarbonyl (C=S) groups is 1. The molecular formula is C20H25ClN2S. The molecular weight excluding hydrogens is 336 g/mol. The van der Waals surface area contributed by atoms with Gasteiger partial charge in [0.15, 0.2) is 5.11 Å². The van der Waals surface area contributed by atoms with E-state index >= 15 is 0 Å². The zero-order valence-electron chi connectivity index (χ0n) is 14.7. The van der Waals surface area contributed by atoms with Crippen LogP contribution in [0.4, 0.5) is 5.69 Å². The molecule has 2 unspecified atom stereocenters. The summed E-state index contributed by atoms with van der Waals surface area (Å²) in [4.78, 5) is 0. The van der Waals surface area contributed by atoms with E-state index in [0.717, 1.165) is 17.7 Å². The SMILES string of the molecule is CCC(C)c1ccc(C(C)NC(=S)Nc2cc(Cl)ccc2C)cc1. The Morgan fingerprint density at radius 2 is 1.71 bits per heavy atom. The van der Waals surface area contributed by atoms with Gasteiger partial charge in [-0.2, -0.15) is 0 Å². The highest BCUT2D eigenvalue weighted by Gasteiger charge is 2.09. The molecule has 0 bridgehead atoms. The van der Waals surface area contributed by atoms with E-state index in [1.165, 1.54) is 11.1 Å². The molecule has 0 radical (unpaired) electrons. The average Bonchev–Trinajstić information content (AvgIpc) is 2.57. The lowest BCUT2D eigenvalue weighted by Crippen LogP contribution is -2.31. The molecule has 24 heavy (non-hydrogen) atoms. The molecule has 0 spiro atoms. The maximum atomic E-state index is 6.05. The zero-order valence-corrected chi connectivity index (χ0v) is 16.3. The van der Waals surface area contributed by atoms with Crippen molar-refractivity contribution in [2.75, 3.05) is 5.32 Å². The third kappa shape index (κ3) is 4.96. The largest absolute Gasteiger partial charge is 0.356 e. The van der Waals surface area contributed by atoms with Gasteiger partial charge in [-0.15, -0.1) is 0 Å². The molecule has 2 rings (SSSR count). The minimum Gasteiger partial charge on any atom is -0.356 e. The topological polar surface area (TPSA) is 24.1 Å². The highest BCUT2D eigenvalue weighted by atomic mass is 35.5. The lowest BCUT2D eigenvalue weighted by atomic mass is 9.96. The normalized spacial score (nSPS) is 13.2. The third-order valence-electron chi connectivity index (χ3n) is 4.41. The van der Waals surface area contributed by atoms with Gasteiger partial charge in [-0.25, -0.2) is 0 Å². The Morgan fingerprint density at radius 1 is 1.08 bits per heavy atom. The monoisotopic (exact) mass is 360 g/mol. The smallest absolute Gasteiger partial charge is 0.171 e. The first-order chi connectivity index (χ1) is 11.4. The summed E-state index contributed by atoms with van der Waals surface area (Å²) in [5.41, 5.74) is 4.63. The Bertz CT molecular complexity index is 697. The summed E-state index contributed by atoms with van der Waals surface area (Å²) in [5, 5.41) is 7.85. The molecule has 2 aromatic rings. The van der Waals surface area contributed by atoms with Gasteiger partial charge in [-0.05, 0) is 67.2 Å². The molecule has 2 nitrogen and oxygen atoms in total. The predicted octanol–water partition coefficient (Wildman–Crippen LogP) is 6.21. The number of halogens is 1. The summed E-state index contributed by atoms with van der Waals surface area (Å²) in [6.45, 7) is 8.60. The highest BCUT2D eigenvalue weighted by molar-refractivity contribution is 7.80. The van der Waals surface area contributed by atoms with Crippen LogP contribution < -0.4 is 10.6 Å². The maximum absolute atomic E-state index is 6.05. The van der Waals surface area contributed by atoms with E-state index in [1.807, 2.05) is 25.1 Å². The van der Waals surface area contributed by atoms with E-state index in [1.54, 1.807) is 0 Å². The number of rotatable bonds is 5. The number of anilines is 1. The molecule has 2 atom stereocenters. The average molecular weight is 361 g/mol. The van der Waals surface area contributed by atoms with Gasteiger partial charge >= 0.3 is 0 Å². The molecule has 0 aromatic heterocycles. The summed E-state index contributed by atoms with van der Waals surface area (Å²) >= 11 is 11.5. The zero-order chi connectivity index (χ0) is 17.7. The van der Waals surface area contributed by atoms with E-state index in [-0.39, 0.29) is 6.04 Å². The van der Waals surface area contributed by atoms with Gasteiger partial charge in [0, 0.05) is 10.7 Å². The molecule has 0 saturated heterocycles. The lowest BCUT2D eigenvalue weighted by molar-refractivity contribution is 0.713. The van der Waals surface area contributed by atoms with E-state index in [0.29, 0.717) is 16.1 Å². The van der Waals surface area contributed by atoms with Crippen LogP contribution in [0.2, 0.25) is 5.02 Å². The minimum absolute atomic E-state index is 0.135. The summed E-state index contributed by atoms with van der Waals surface area (Å²) in [7, 11) is 0. The van der Waals surface area contributed by atoms with E-state index in [2.05, 4.69) is 55.7 Å². The fourth-order valence-electron chi connectivity index (χ4n) is 2.52. The first-order valence-corrected chi connectivity index (χ1v) is 9.12. The summed E-state index contributed by atoms with van der Waals surface area (Å²) in [5.74, 6) is 0.593. The molecule has 0 aliphatic heterocycles. The number of benzene rings is 2. The molecule has 0 aliphatic carbocycles. The van der Waals surface area contributed by atoms with Gasteiger partial charge in [0.1, 0.15) is 0 Å². The van der Waals surface area contributed by atoms with Crippen LogP contribution in [0.25, 0.3) is 0 Å². The Morgan fingerprint density at radius 3 is 2.33 bits per heavy atom. The molecule has 0 aliphatic rings. The highest BCUT2D eigenvalue weighted by Crippen LogP contribution is 2.22. The van der Waals surface area contributed by atoms with Crippen LogP contribution in [0, 0.1) is 6.92 Å². The van der Waals surface area contributed by atoms with Crippen LogP contribution >= 0.6 is 23.8 Å². The fourth-order valence-corrected chi connectivity index (χ4v) is 2.98. The van der Waals surface area contributed by atoms with Crippen LogP contribution in [0.15, 0.2) is 42.5 Å². The van der Waals surface area contributed by atoms with Crippen molar-refractivity contribution in [2.45, 2.75) is 46.1 Å². The van der Waals surface area contributed by atoms with Crippen molar-refractivity contribution in [1.29, 1.82) is 0 Å². The number of nitrogens with one attached hydrogen (secondary N) is 2. The second-order valence-corrected chi connectivity index (χ2v) is 7.10. The second-order valence-electron chi connectivity index (χ2n) is 6.26. The molecule has 0 fully saturated rings. The van der Waals surface area contributed by atoms with E-state index < -0.39 is 0 Å². The second kappa shape index (κ2) is 8.50. The number of aryl methyl sites for hydroxylation is 1. The molecule has 2 aromatic carbocycles. The van der Waals surface area contributed by atoms with Crippen molar-refractivity contribution in [3.63, 3.8) is 0 Å². The Kier molecular flexibility index (Phi) is 6.64. The molecule has 0 amide bonds. The summed E-state index contributed by atoms with van der Waals surface area (Å²) in [6.07, 6.45) is 1.15.